The minimum absolute atomic E-state index is 0.0611. The second-order valence-corrected chi connectivity index (χ2v) is 7.97. The van der Waals surface area contributed by atoms with Crippen LogP contribution in [0.5, 0.6) is 0 Å². The quantitative estimate of drug-likeness (QED) is 0.920. The summed E-state index contributed by atoms with van der Waals surface area (Å²) >= 11 is 1.63. The molecule has 2 amide bonds. The molecule has 0 radical (unpaired) electrons. The lowest BCUT2D eigenvalue weighted by Gasteiger charge is -2.36. The minimum atomic E-state index is -0.0737. The van der Waals surface area contributed by atoms with Gasteiger partial charge in [0.2, 0.25) is 11.8 Å². The van der Waals surface area contributed by atoms with Crippen molar-refractivity contribution in [3.05, 3.63) is 15.6 Å². The lowest BCUT2D eigenvalue weighted by Crippen LogP contribution is -2.49. The Hall–Kier alpha value is -1.43. The van der Waals surface area contributed by atoms with E-state index in [2.05, 4.69) is 10.3 Å². The normalized spacial score (nSPS) is 22.6. The number of amides is 2. The number of hydrogen-bond acceptors (Lipinski definition) is 4. The van der Waals surface area contributed by atoms with E-state index in [9.17, 15) is 9.59 Å². The van der Waals surface area contributed by atoms with Crippen LogP contribution >= 0.6 is 11.3 Å². The van der Waals surface area contributed by atoms with E-state index in [0.29, 0.717) is 32.0 Å². The van der Waals surface area contributed by atoms with Crippen LogP contribution in [-0.4, -0.2) is 34.3 Å². The number of nitrogens with zero attached hydrogens (tertiary/aromatic N) is 2. The summed E-state index contributed by atoms with van der Waals surface area (Å²) < 4.78 is 0. The summed E-state index contributed by atoms with van der Waals surface area (Å²) in [6, 6.07) is 0.363. The molecule has 1 aromatic heterocycles. The second-order valence-electron chi connectivity index (χ2n) is 6.69. The third kappa shape index (κ3) is 3.74. The molecule has 2 heterocycles. The van der Waals surface area contributed by atoms with Gasteiger partial charge in [-0.15, -0.1) is 11.3 Å². The van der Waals surface area contributed by atoms with E-state index in [1.165, 1.54) is 17.7 Å². The average molecular weight is 335 g/mol. The van der Waals surface area contributed by atoms with Crippen LogP contribution in [0.3, 0.4) is 0 Å². The van der Waals surface area contributed by atoms with Crippen LogP contribution in [-0.2, 0) is 16.1 Å². The van der Waals surface area contributed by atoms with Gasteiger partial charge in [-0.05, 0) is 33.1 Å². The first-order chi connectivity index (χ1) is 11.0. The van der Waals surface area contributed by atoms with Crippen molar-refractivity contribution in [1.29, 1.82) is 0 Å². The highest BCUT2D eigenvalue weighted by atomic mass is 32.1. The zero-order valence-corrected chi connectivity index (χ0v) is 14.7. The van der Waals surface area contributed by atoms with Gasteiger partial charge in [0.1, 0.15) is 5.01 Å². The van der Waals surface area contributed by atoms with E-state index < -0.39 is 0 Å². The van der Waals surface area contributed by atoms with Crippen molar-refractivity contribution in [3.63, 3.8) is 0 Å². The van der Waals surface area contributed by atoms with E-state index in [1.807, 2.05) is 18.7 Å². The topological polar surface area (TPSA) is 62.3 Å². The number of rotatable bonds is 4. The molecular formula is C17H25N3O2S. The summed E-state index contributed by atoms with van der Waals surface area (Å²) in [5.41, 5.74) is 1.04. The minimum Gasteiger partial charge on any atom is -0.349 e. The number of likely N-dealkylation sites (tertiary alicyclic amines) is 1. The number of aromatic nitrogens is 1. The molecule has 23 heavy (non-hydrogen) atoms. The number of piperidine rings is 1. The van der Waals surface area contributed by atoms with Crippen molar-refractivity contribution in [2.45, 2.75) is 65.0 Å². The fraction of sp³-hybridized carbons (Fsp3) is 0.706. The molecule has 126 valence electrons. The Labute approximate surface area is 141 Å². The molecule has 0 aromatic carbocycles. The Balaban J connectivity index is 1.55. The largest absolute Gasteiger partial charge is 0.349 e. The highest BCUT2D eigenvalue weighted by Gasteiger charge is 2.35. The molecule has 5 nitrogen and oxygen atoms in total. The second kappa shape index (κ2) is 6.99. The number of carbonyl (C=O) groups excluding carboxylic acids is 2. The van der Waals surface area contributed by atoms with Crippen LogP contribution in [0.1, 0.15) is 54.1 Å². The first-order valence-corrected chi connectivity index (χ1v) is 9.36. The fourth-order valence-electron chi connectivity index (χ4n) is 3.58. The molecule has 0 spiro atoms. The van der Waals surface area contributed by atoms with Gasteiger partial charge in [-0.2, -0.15) is 0 Å². The smallest absolute Gasteiger partial charge is 0.225 e. The molecule has 1 saturated carbocycles. The summed E-state index contributed by atoms with van der Waals surface area (Å²) in [5.74, 6) is 0.216. The standard InChI is InChI=1S/C17H25N3O2S/c1-11-12(2)23-15(19-11)9-18-17(22)13-7-8-16(21)20(10-13)14-5-3-4-6-14/h13-14H,3-10H2,1-2H3,(H,18,22)/t13-/m0/s1. The van der Waals surface area contributed by atoms with E-state index in [1.54, 1.807) is 11.3 Å². The Morgan fingerprint density at radius 2 is 2.04 bits per heavy atom. The van der Waals surface area contributed by atoms with Crippen LogP contribution in [0, 0.1) is 19.8 Å². The van der Waals surface area contributed by atoms with E-state index in [4.69, 9.17) is 0 Å². The maximum absolute atomic E-state index is 12.5. The van der Waals surface area contributed by atoms with Gasteiger partial charge in [0.15, 0.2) is 0 Å². The number of hydrogen-bond donors (Lipinski definition) is 1. The summed E-state index contributed by atoms with van der Waals surface area (Å²) in [6.45, 7) is 5.12. The van der Waals surface area contributed by atoms with Crippen LogP contribution in [0.15, 0.2) is 0 Å². The summed E-state index contributed by atoms with van der Waals surface area (Å²) in [6.07, 6.45) is 5.77. The molecule has 1 aliphatic carbocycles. The van der Waals surface area contributed by atoms with Gasteiger partial charge >= 0.3 is 0 Å². The van der Waals surface area contributed by atoms with E-state index >= 15 is 0 Å². The summed E-state index contributed by atoms with van der Waals surface area (Å²) in [7, 11) is 0. The summed E-state index contributed by atoms with van der Waals surface area (Å²) in [5, 5.41) is 3.96. The SMILES string of the molecule is Cc1nc(CNC(=O)[C@H]2CCC(=O)N(C3CCCC3)C2)sc1C. The Kier molecular flexibility index (Phi) is 4.99. The van der Waals surface area contributed by atoms with Crippen molar-refractivity contribution in [3.8, 4) is 0 Å². The molecule has 0 unspecified atom stereocenters. The molecule has 1 aliphatic heterocycles. The first kappa shape index (κ1) is 16.4. The van der Waals surface area contributed by atoms with Crippen molar-refractivity contribution < 1.29 is 9.59 Å². The molecular weight excluding hydrogens is 310 g/mol. The third-order valence-corrected chi connectivity index (χ3v) is 6.14. The Bertz CT molecular complexity index is 573. The van der Waals surface area contributed by atoms with Gasteiger partial charge in [0.05, 0.1) is 18.2 Å². The first-order valence-electron chi connectivity index (χ1n) is 8.54. The third-order valence-electron chi connectivity index (χ3n) is 5.07. The molecule has 0 bridgehead atoms. The molecule has 1 aromatic rings. The van der Waals surface area contributed by atoms with Crippen molar-refractivity contribution in [2.24, 2.45) is 5.92 Å². The molecule has 2 fully saturated rings. The Morgan fingerprint density at radius 1 is 1.30 bits per heavy atom. The number of carbonyl (C=O) groups is 2. The van der Waals surface area contributed by atoms with E-state index in [-0.39, 0.29) is 17.7 Å². The lowest BCUT2D eigenvalue weighted by atomic mass is 9.95. The maximum Gasteiger partial charge on any atom is 0.225 e. The lowest BCUT2D eigenvalue weighted by molar-refractivity contribution is -0.140. The number of thiazole rings is 1. The highest BCUT2D eigenvalue weighted by molar-refractivity contribution is 7.11. The van der Waals surface area contributed by atoms with Crippen LogP contribution < -0.4 is 5.32 Å². The van der Waals surface area contributed by atoms with Crippen molar-refractivity contribution >= 4 is 23.2 Å². The van der Waals surface area contributed by atoms with E-state index in [0.717, 1.165) is 23.5 Å². The molecule has 2 aliphatic rings. The Morgan fingerprint density at radius 3 is 2.70 bits per heavy atom. The fourth-order valence-corrected chi connectivity index (χ4v) is 4.45. The molecule has 1 atom stereocenters. The van der Waals surface area contributed by atoms with Crippen LogP contribution in [0.25, 0.3) is 0 Å². The summed E-state index contributed by atoms with van der Waals surface area (Å²) in [4.78, 5) is 32.2. The highest BCUT2D eigenvalue weighted by Crippen LogP contribution is 2.28. The molecule has 3 rings (SSSR count). The molecule has 6 heteroatoms. The van der Waals surface area contributed by atoms with Gasteiger partial charge in [-0.1, -0.05) is 12.8 Å². The van der Waals surface area contributed by atoms with Gasteiger partial charge in [0.25, 0.3) is 0 Å². The number of nitrogens with one attached hydrogen (secondary N) is 1. The van der Waals surface area contributed by atoms with Crippen molar-refractivity contribution in [2.75, 3.05) is 6.54 Å². The predicted molar refractivity (Wildman–Crippen MR) is 90.1 cm³/mol. The zero-order valence-electron chi connectivity index (χ0n) is 13.9. The average Bonchev–Trinajstić information content (AvgIpc) is 3.16. The van der Waals surface area contributed by atoms with Gasteiger partial charge in [-0.3, -0.25) is 9.59 Å². The maximum atomic E-state index is 12.5. The number of aryl methyl sites for hydroxylation is 2. The van der Waals surface area contributed by atoms with Crippen molar-refractivity contribution in [1.82, 2.24) is 15.2 Å². The van der Waals surface area contributed by atoms with Gasteiger partial charge in [-0.25, -0.2) is 4.98 Å². The van der Waals surface area contributed by atoms with Gasteiger partial charge in [0, 0.05) is 23.9 Å². The van der Waals surface area contributed by atoms with Gasteiger partial charge < -0.3 is 10.2 Å². The van der Waals surface area contributed by atoms with Crippen LogP contribution in [0.4, 0.5) is 0 Å². The zero-order chi connectivity index (χ0) is 16.4. The molecule has 1 saturated heterocycles. The molecule has 1 N–H and O–H groups in total. The van der Waals surface area contributed by atoms with Crippen LogP contribution in [0.2, 0.25) is 0 Å². The predicted octanol–water partition coefficient (Wildman–Crippen LogP) is 2.56. The monoisotopic (exact) mass is 335 g/mol.